The van der Waals surface area contributed by atoms with Crippen molar-refractivity contribution in [2.75, 3.05) is 0 Å². The molecule has 0 aliphatic heterocycles. The van der Waals surface area contributed by atoms with Crippen LogP contribution in [-0.2, 0) is 4.79 Å². The molecule has 4 fully saturated rings. The maximum absolute atomic E-state index is 12.4. The highest BCUT2D eigenvalue weighted by Gasteiger charge is 2.51. The molecule has 116 valence electrons. The van der Waals surface area contributed by atoms with Gasteiger partial charge in [-0.15, -0.1) is 0 Å². The number of hydrogen-bond donors (Lipinski definition) is 1. The second kappa shape index (κ2) is 5.26. The Kier molecular flexibility index (Phi) is 3.36. The Bertz CT molecular complexity index is 563. The molecule has 0 heterocycles. The van der Waals surface area contributed by atoms with Crippen LogP contribution in [0.3, 0.4) is 0 Å². The molecule has 22 heavy (non-hydrogen) atoms. The van der Waals surface area contributed by atoms with Crippen molar-refractivity contribution >= 4 is 12.0 Å². The summed E-state index contributed by atoms with van der Waals surface area (Å²) in [5, 5.41) is 3.38. The monoisotopic (exact) mass is 295 g/mol. The predicted octanol–water partition coefficient (Wildman–Crippen LogP) is 4.09. The first kappa shape index (κ1) is 14.0. The van der Waals surface area contributed by atoms with Crippen LogP contribution in [-0.4, -0.2) is 11.4 Å². The van der Waals surface area contributed by atoms with Crippen molar-refractivity contribution in [2.45, 2.75) is 51.0 Å². The van der Waals surface area contributed by atoms with E-state index in [1.165, 1.54) is 44.1 Å². The average molecular weight is 295 g/mol. The molecule has 2 heteroatoms. The highest BCUT2D eigenvalue weighted by Crippen LogP contribution is 2.55. The van der Waals surface area contributed by atoms with Crippen LogP contribution in [0.15, 0.2) is 30.3 Å². The van der Waals surface area contributed by atoms with Gasteiger partial charge in [0.15, 0.2) is 0 Å². The summed E-state index contributed by atoms with van der Waals surface area (Å²) < 4.78 is 0. The van der Waals surface area contributed by atoms with Crippen LogP contribution in [0, 0.1) is 24.7 Å². The van der Waals surface area contributed by atoms with Crippen molar-refractivity contribution in [1.29, 1.82) is 0 Å². The van der Waals surface area contributed by atoms with Gasteiger partial charge in [-0.2, -0.15) is 0 Å². The highest BCUT2D eigenvalue weighted by atomic mass is 16.1. The molecule has 4 bridgehead atoms. The number of nitrogens with one attached hydrogen (secondary N) is 1. The second-order valence-electron chi connectivity index (χ2n) is 7.93. The van der Waals surface area contributed by atoms with Gasteiger partial charge in [-0.05, 0) is 74.8 Å². The molecule has 1 N–H and O–H groups in total. The van der Waals surface area contributed by atoms with E-state index in [-0.39, 0.29) is 11.4 Å². The molecule has 5 rings (SSSR count). The summed E-state index contributed by atoms with van der Waals surface area (Å²) in [6, 6.07) is 8.28. The van der Waals surface area contributed by atoms with Gasteiger partial charge in [0.1, 0.15) is 0 Å². The lowest BCUT2D eigenvalue weighted by atomic mass is 9.53. The Labute approximate surface area is 133 Å². The van der Waals surface area contributed by atoms with Crippen LogP contribution in [0.25, 0.3) is 6.08 Å². The van der Waals surface area contributed by atoms with E-state index in [9.17, 15) is 4.79 Å². The Hall–Kier alpha value is -1.57. The fraction of sp³-hybridized carbons (Fsp3) is 0.550. The number of aryl methyl sites for hydroxylation is 1. The summed E-state index contributed by atoms with van der Waals surface area (Å²) in [4.78, 5) is 12.4. The summed E-state index contributed by atoms with van der Waals surface area (Å²) in [6.07, 6.45) is 11.5. The van der Waals surface area contributed by atoms with Crippen LogP contribution in [0.4, 0.5) is 0 Å². The maximum Gasteiger partial charge on any atom is 0.244 e. The van der Waals surface area contributed by atoms with Crippen LogP contribution in [0.1, 0.15) is 49.7 Å². The quantitative estimate of drug-likeness (QED) is 0.836. The minimum absolute atomic E-state index is 0.0857. The van der Waals surface area contributed by atoms with Gasteiger partial charge in [-0.3, -0.25) is 4.79 Å². The van der Waals surface area contributed by atoms with Crippen molar-refractivity contribution in [3.05, 3.63) is 41.5 Å². The van der Waals surface area contributed by atoms with Crippen molar-refractivity contribution in [3.63, 3.8) is 0 Å². The first-order chi connectivity index (χ1) is 10.6. The first-order valence-electron chi connectivity index (χ1n) is 8.67. The lowest BCUT2D eigenvalue weighted by Crippen LogP contribution is -2.59. The minimum Gasteiger partial charge on any atom is -0.347 e. The molecule has 1 amide bonds. The predicted molar refractivity (Wildman–Crippen MR) is 89.3 cm³/mol. The van der Waals surface area contributed by atoms with E-state index in [4.69, 9.17) is 0 Å². The van der Waals surface area contributed by atoms with Crippen molar-refractivity contribution in [3.8, 4) is 0 Å². The van der Waals surface area contributed by atoms with Crippen LogP contribution < -0.4 is 5.32 Å². The lowest BCUT2D eigenvalue weighted by Gasteiger charge is -2.56. The molecule has 0 radical (unpaired) electrons. The molecule has 4 saturated carbocycles. The zero-order valence-corrected chi connectivity index (χ0v) is 13.3. The zero-order valence-electron chi connectivity index (χ0n) is 13.3. The molecule has 1 aromatic carbocycles. The summed E-state index contributed by atoms with van der Waals surface area (Å²) in [6.45, 7) is 2.08. The Morgan fingerprint density at radius 3 is 2.14 bits per heavy atom. The number of carbonyl (C=O) groups is 1. The van der Waals surface area contributed by atoms with Gasteiger partial charge in [0.25, 0.3) is 0 Å². The molecule has 0 atom stereocenters. The molecular weight excluding hydrogens is 270 g/mol. The summed E-state index contributed by atoms with van der Waals surface area (Å²) in [7, 11) is 0. The SMILES string of the molecule is Cc1ccc(/C=C/C(=O)NC23CC4CC(CC(C4)C2)C3)cc1. The summed E-state index contributed by atoms with van der Waals surface area (Å²) in [5.41, 5.74) is 2.45. The van der Waals surface area contributed by atoms with Gasteiger partial charge in [0, 0.05) is 11.6 Å². The number of hydrogen-bond acceptors (Lipinski definition) is 1. The number of amides is 1. The third kappa shape index (κ3) is 2.71. The lowest BCUT2D eigenvalue weighted by molar-refractivity contribution is -0.122. The molecule has 4 aliphatic carbocycles. The van der Waals surface area contributed by atoms with Crippen molar-refractivity contribution in [1.82, 2.24) is 5.32 Å². The molecule has 0 spiro atoms. The molecule has 4 aliphatic rings. The molecule has 1 aromatic rings. The van der Waals surface area contributed by atoms with Gasteiger partial charge in [0.2, 0.25) is 5.91 Å². The van der Waals surface area contributed by atoms with Gasteiger partial charge >= 0.3 is 0 Å². The fourth-order valence-corrected chi connectivity index (χ4v) is 5.42. The van der Waals surface area contributed by atoms with Crippen LogP contribution >= 0.6 is 0 Å². The van der Waals surface area contributed by atoms with Gasteiger partial charge in [-0.25, -0.2) is 0 Å². The molecule has 0 unspecified atom stereocenters. The van der Waals surface area contributed by atoms with E-state index in [0.29, 0.717) is 0 Å². The summed E-state index contributed by atoms with van der Waals surface area (Å²) in [5.74, 6) is 2.69. The number of benzene rings is 1. The van der Waals surface area contributed by atoms with E-state index < -0.39 is 0 Å². The smallest absolute Gasteiger partial charge is 0.244 e. The number of carbonyl (C=O) groups excluding carboxylic acids is 1. The van der Waals surface area contributed by atoms with Gasteiger partial charge < -0.3 is 5.32 Å². The van der Waals surface area contributed by atoms with E-state index in [1.807, 2.05) is 6.08 Å². The fourth-order valence-electron chi connectivity index (χ4n) is 5.42. The Morgan fingerprint density at radius 1 is 1.05 bits per heavy atom. The molecule has 2 nitrogen and oxygen atoms in total. The zero-order chi connectivity index (χ0) is 15.2. The van der Waals surface area contributed by atoms with Crippen LogP contribution in [0.5, 0.6) is 0 Å². The standard InChI is InChI=1S/C20H25NO/c1-14-2-4-15(5-3-14)6-7-19(22)21-20-11-16-8-17(12-20)10-18(9-16)13-20/h2-7,16-18H,8-13H2,1H3,(H,21,22)/b7-6+. The van der Waals surface area contributed by atoms with Gasteiger partial charge in [0.05, 0.1) is 0 Å². The Balaban J connectivity index is 1.42. The van der Waals surface area contributed by atoms with E-state index in [2.05, 4.69) is 36.5 Å². The van der Waals surface area contributed by atoms with E-state index in [1.54, 1.807) is 6.08 Å². The second-order valence-corrected chi connectivity index (χ2v) is 7.93. The molecular formula is C20H25NO. The minimum atomic E-state index is 0.0857. The average Bonchev–Trinajstić information content (AvgIpc) is 2.44. The topological polar surface area (TPSA) is 29.1 Å². The van der Waals surface area contributed by atoms with Crippen molar-refractivity contribution in [2.24, 2.45) is 17.8 Å². The molecule has 0 saturated heterocycles. The van der Waals surface area contributed by atoms with Gasteiger partial charge in [-0.1, -0.05) is 29.8 Å². The largest absolute Gasteiger partial charge is 0.347 e. The Morgan fingerprint density at radius 2 is 1.59 bits per heavy atom. The number of rotatable bonds is 3. The van der Waals surface area contributed by atoms with Crippen LogP contribution in [0.2, 0.25) is 0 Å². The normalized spacial score (nSPS) is 36.0. The van der Waals surface area contributed by atoms with E-state index in [0.717, 1.165) is 23.3 Å². The highest BCUT2D eigenvalue weighted by molar-refractivity contribution is 5.92. The third-order valence-corrected chi connectivity index (χ3v) is 5.93. The summed E-state index contributed by atoms with van der Waals surface area (Å²) >= 11 is 0. The third-order valence-electron chi connectivity index (χ3n) is 5.93. The first-order valence-corrected chi connectivity index (χ1v) is 8.67. The maximum atomic E-state index is 12.4. The van der Waals surface area contributed by atoms with Crippen molar-refractivity contribution < 1.29 is 4.79 Å². The van der Waals surface area contributed by atoms with E-state index >= 15 is 0 Å². The molecule has 0 aromatic heterocycles.